The SMILES string of the molecule is CC[SiH](CC)C(CCCSSSCCCC(OC)[SiH](CC)CC)OC. The zero-order valence-corrected chi connectivity index (χ0v) is 22.2. The molecule has 0 radical (unpaired) electrons. The molecule has 0 heterocycles. The summed E-state index contributed by atoms with van der Waals surface area (Å²) in [5.74, 6) is 2.51. The van der Waals surface area contributed by atoms with Crippen LogP contribution in [0.2, 0.25) is 24.2 Å². The van der Waals surface area contributed by atoms with Gasteiger partial charge in [-0.3, -0.25) is 0 Å². The predicted octanol–water partition coefficient (Wildman–Crippen LogP) is 6.22. The summed E-state index contributed by atoms with van der Waals surface area (Å²) in [6, 6.07) is 5.48. The van der Waals surface area contributed by atoms with Crippen molar-refractivity contribution in [2.75, 3.05) is 25.7 Å². The molecule has 2 atom stereocenters. The fourth-order valence-corrected chi connectivity index (χ4v) is 12.9. The molecule has 2 unspecified atom stereocenters. The van der Waals surface area contributed by atoms with Gasteiger partial charge in [0.2, 0.25) is 0 Å². The van der Waals surface area contributed by atoms with E-state index in [-0.39, 0.29) is 0 Å². The molecule has 0 N–H and O–H groups in total. The molecule has 0 aliphatic rings. The van der Waals surface area contributed by atoms with E-state index in [4.69, 9.17) is 9.47 Å². The summed E-state index contributed by atoms with van der Waals surface area (Å²) >= 11 is 0. The first-order valence-electron chi connectivity index (χ1n) is 10.1. The Balaban J connectivity index is 3.63. The lowest BCUT2D eigenvalue weighted by atomic mass is 10.3. The van der Waals surface area contributed by atoms with E-state index in [9.17, 15) is 0 Å². The van der Waals surface area contributed by atoms with E-state index in [1.807, 2.05) is 45.6 Å². The second kappa shape index (κ2) is 18.8. The van der Waals surface area contributed by atoms with Gasteiger partial charge in [0.15, 0.2) is 0 Å². The van der Waals surface area contributed by atoms with Crippen LogP contribution < -0.4 is 0 Å². The van der Waals surface area contributed by atoms with E-state index in [1.165, 1.54) is 61.4 Å². The van der Waals surface area contributed by atoms with Crippen molar-refractivity contribution in [1.82, 2.24) is 0 Å². The van der Waals surface area contributed by atoms with Crippen molar-refractivity contribution in [2.24, 2.45) is 0 Å². The van der Waals surface area contributed by atoms with Crippen LogP contribution in [0.25, 0.3) is 0 Å². The second-order valence-corrected chi connectivity index (χ2v) is 19.0. The highest BCUT2D eigenvalue weighted by Crippen LogP contribution is 2.36. The molecule has 2 nitrogen and oxygen atoms in total. The summed E-state index contributed by atoms with van der Waals surface area (Å²) < 4.78 is 11.5. The maximum absolute atomic E-state index is 5.76. The summed E-state index contributed by atoms with van der Waals surface area (Å²) in [5.41, 5.74) is 1.18. The summed E-state index contributed by atoms with van der Waals surface area (Å²) in [6.45, 7) is 9.36. The standard InChI is InChI=1S/C18H42O2S3Si2/c1-7-24(8-2)17(19-5)13-11-15-21-23-22-16-12-14-18(20-6)25(9-3)10-4/h17-18,24-25H,7-16H2,1-6H3. The molecule has 0 amide bonds. The van der Waals surface area contributed by atoms with Gasteiger partial charge in [-0.15, -0.1) is 0 Å². The summed E-state index contributed by atoms with van der Waals surface area (Å²) in [5, 5.41) is 0. The molecule has 0 bridgehead atoms. The monoisotopic (exact) mass is 442 g/mol. The molecule has 0 aromatic carbocycles. The third-order valence-electron chi connectivity index (χ3n) is 5.28. The average Bonchev–Trinajstić information content (AvgIpc) is 2.65. The quantitative estimate of drug-likeness (QED) is 0.142. The lowest BCUT2D eigenvalue weighted by molar-refractivity contribution is 0.152. The number of methoxy groups -OCH3 is 2. The Bertz CT molecular complexity index is 255. The van der Waals surface area contributed by atoms with E-state index in [2.05, 4.69) is 27.7 Å². The highest BCUT2D eigenvalue weighted by atomic mass is 33.5. The molecule has 25 heavy (non-hydrogen) atoms. The Labute approximate surface area is 172 Å². The normalized spacial score (nSPS) is 14.4. The van der Waals surface area contributed by atoms with Crippen LogP contribution in [0.15, 0.2) is 0 Å². The van der Waals surface area contributed by atoms with E-state index in [1.54, 1.807) is 0 Å². The van der Waals surface area contributed by atoms with E-state index in [0.29, 0.717) is 11.5 Å². The van der Waals surface area contributed by atoms with Crippen molar-refractivity contribution < 1.29 is 9.47 Å². The largest absolute Gasteiger partial charge is 0.385 e. The van der Waals surface area contributed by atoms with Gasteiger partial charge < -0.3 is 9.47 Å². The number of ether oxygens (including phenoxy) is 2. The van der Waals surface area contributed by atoms with Crippen LogP contribution in [0, 0.1) is 0 Å². The van der Waals surface area contributed by atoms with Crippen LogP contribution in [0.4, 0.5) is 0 Å². The molecule has 0 aromatic heterocycles. The Kier molecular flexibility index (Phi) is 19.8. The lowest BCUT2D eigenvalue weighted by Crippen LogP contribution is -2.31. The fourth-order valence-electron chi connectivity index (χ4n) is 3.51. The van der Waals surface area contributed by atoms with Crippen molar-refractivity contribution in [1.29, 1.82) is 0 Å². The third kappa shape index (κ3) is 12.5. The first kappa shape index (κ1) is 26.4. The van der Waals surface area contributed by atoms with E-state index in [0.717, 1.165) is 0 Å². The van der Waals surface area contributed by atoms with Gasteiger partial charge in [0, 0.05) is 37.2 Å². The van der Waals surface area contributed by atoms with Gasteiger partial charge in [0.1, 0.15) is 0 Å². The Hall–Kier alpha value is 1.40. The fraction of sp³-hybridized carbons (Fsp3) is 1.00. The Morgan fingerprint density at radius 1 is 0.680 bits per heavy atom. The highest BCUT2D eigenvalue weighted by Gasteiger charge is 2.19. The number of hydrogen-bond acceptors (Lipinski definition) is 5. The van der Waals surface area contributed by atoms with Gasteiger partial charge in [0.25, 0.3) is 0 Å². The van der Waals surface area contributed by atoms with Gasteiger partial charge in [-0.2, -0.15) is 0 Å². The molecule has 0 aliphatic carbocycles. The van der Waals surface area contributed by atoms with Crippen LogP contribution in [-0.2, 0) is 9.47 Å². The van der Waals surface area contributed by atoms with E-state index < -0.39 is 17.6 Å². The second-order valence-electron chi connectivity index (χ2n) is 6.70. The molecule has 0 saturated carbocycles. The van der Waals surface area contributed by atoms with Crippen LogP contribution in [0.3, 0.4) is 0 Å². The van der Waals surface area contributed by atoms with Crippen LogP contribution in [-0.4, -0.2) is 54.8 Å². The maximum Gasteiger partial charge on any atom is 0.0711 e. The molecule has 0 aliphatic heterocycles. The minimum absolute atomic E-state index is 0.591. The lowest BCUT2D eigenvalue weighted by Gasteiger charge is -2.22. The van der Waals surface area contributed by atoms with Gasteiger partial charge in [-0.25, -0.2) is 0 Å². The van der Waals surface area contributed by atoms with Gasteiger partial charge in [-0.1, -0.05) is 73.5 Å². The van der Waals surface area contributed by atoms with Crippen molar-refractivity contribution in [3.8, 4) is 0 Å². The first-order valence-corrected chi connectivity index (χ1v) is 18.6. The topological polar surface area (TPSA) is 18.5 Å². The van der Waals surface area contributed by atoms with Crippen LogP contribution >= 0.6 is 31.4 Å². The summed E-state index contributed by atoms with van der Waals surface area (Å²) in [6.07, 6.45) is 5.13. The average molecular weight is 443 g/mol. The molecule has 0 saturated heterocycles. The molecular formula is C18H42O2S3Si2. The number of hydrogen-bond donors (Lipinski definition) is 0. The van der Waals surface area contributed by atoms with Gasteiger partial charge in [0.05, 0.1) is 17.6 Å². The first-order chi connectivity index (χ1) is 12.2. The third-order valence-corrected chi connectivity index (χ3v) is 17.2. The van der Waals surface area contributed by atoms with Crippen molar-refractivity contribution >= 4 is 49.0 Å². The van der Waals surface area contributed by atoms with Crippen LogP contribution in [0.5, 0.6) is 0 Å². The minimum atomic E-state index is -0.661. The minimum Gasteiger partial charge on any atom is -0.385 e. The van der Waals surface area contributed by atoms with Crippen LogP contribution in [0.1, 0.15) is 53.4 Å². The van der Waals surface area contributed by atoms with Gasteiger partial charge in [-0.05, 0) is 35.5 Å². The molecule has 0 aromatic rings. The Morgan fingerprint density at radius 2 is 1.04 bits per heavy atom. The van der Waals surface area contributed by atoms with E-state index >= 15 is 0 Å². The van der Waals surface area contributed by atoms with Crippen molar-refractivity contribution in [3.05, 3.63) is 0 Å². The molecule has 0 spiro atoms. The zero-order valence-electron chi connectivity index (χ0n) is 17.4. The Morgan fingerprint density at radius 3 is 1.32 bits per heavy atom. The predicted molar refractivity (Wildman–Crippen MR) is 129 cm³/mol. The smallest absolute Gasteiger partial charge is 0.0711 e. The molecule has 7 heteroatoms. The highest BCUT2D eigenvalue weighted by molar-refractivity contribution is 9.09. The molecule has 0 fully saturated rings. The summed E-state index contributed by atoms with van der Waals surface area (Å²) in [4.78, 5) is 0. The summed E-state index contributed by atoms with van der Waals surface area (Å²) in [7, 11) is 8.54. The van der Waals surface area contributed by atoms with Crippen molar-refractivity contribution in [3.63, 3.8) is 0 Å². The number of rotatable bonds is 18. The van der Waals surface area contributed by atoms with Crippen molar-refractivity contribution in [2.45, 2.75) is 89.0 Å². The molecule has 152 valence electrons. The zero-order chi connectivity index (χ0) is 18.9. The molecular weight excluding hydrogens is 401 g/mol. The maximum atomic E-state index is 5.76. The van der Waals surface area contributed by atoms with Gasteiger partial charge >= 0.3 is 0 Å². The molecule has 0 rings (SSSR count).